The van der Waals surface area contributed by atoms with Crippen LogP contribution in [0.15, 0.2) is 53.4 Å². The van der Waals surface area contributed by atoms with Gasteiger partial charge >= 0.3 is 0 Å². The fraction of sp³-hybridized carbons (Fsp3) is 0.381. The van der Waals surface area contributed by atoms with Crippen LogP contribution in [-0.2, 0) is 14.8 Å². The van der Waals surface area contributed by atoms with Crippen molar-refractivity contribution in [1.82, 2.24) is 5.32 Å². The first-order valence-electron chi connectivity index (χ1n) is 9.30. The number of methoxy groups -OCH3 is 1. The van der Waals surface area contributed by atoms with Crippen molar-refractivity contribution in [2.75, 3.05) is 18.0 Å². The molecule has 0 aliphatic rings. The highest BCUT2D eigenvalue weighted by molar-refractivity contribution is 7.92. The average molecular weight is 405 g/mol. The molecule has 152 valence electrons. The SMILES string of the molecule is CCC[C@@H](C)NC(=O)CN(c1ccc(C)cc1)S(=O)(=O)c1ccc(OC)cc1. The van der Waals surface area contributed by atoms with E-state index in [1.54, 1.807) is 24.3 Å². The zero-order valence-corrected chi connectivity index (χ0v) is 17.6. The molecule has 7 heteroatoms. The third-order valence-electron chi connectivity index (χ3n) is 4.39. The van der Waals surface area contributed by atoms with Crippen molar-refractivity contribution < 1.29 is 17.9 Å². The molecular weight excluding hydrogens is 376 g/mol. The lowest BCUT2D eigenvalue weighted by Crippen LogP contribution is -2.43. The van der Waals surface area contributed by atoms with Gasteiger partial charge in [-0.2, -0.15) is 0 Å². The summed E-state index contributed by atoms with van der Waals surface area (Å²) in [6.07, 6.45) is 1.77. The molecule has 0 bridgehead atoms. The Balaban J connectivity index is 2.36. The smallest absolute Gasteiger partial charge is 0.264 e. The fourth-order valence-corrected chi connectivity index (χ4v) is 4.28. The molecule has 1 atom stereocenters. The topological polar surface area (TPSA) is 75.7 Å². The summed E-state index contributed by atoms with van der Waals surface area (Å²) in [6, 6.07) is 13.2. The normalized spacial score (nSPS) is 12.3. The van der Waals surface area contributed by atoms with Crippen LogP contribution < -0.4 is 14.4 Å². The summed E-state index contributed by atoms with van der Waals surface area (Å²) < 4.78 is 32.8. The molecule has 1 N–H and O–H groups in total. The van der Waals surface area contributed by atoms with E-state index in [1.165, 1.54) is 19.2 Å². The Morgan fingerprint density at radius 1 is 1.11 bits per heavy atom. The minimum Gasteiger partial charge on any atom is -0.497 e. The molecule has 2 aromatic rings. The molecule has 0 aliphatic heterocycles. The minimum atomic E-state index is -3.92. The zero-order chi connectivity index (χ0) is 20.7. The molecule has 28 heavy (non-hydrogen) atoms. The molecule has 1 amide bonds. The molecule has 0 saturated carbocycles. The standard InChI is InChI=1S/C21H28N2O4S/c1-5-6-17(3)22-21(24)15-23(18-9-7-16(2)8-10-18)28(25,26)20-13-11-19(27-4)12-14-20/h7-14,17H,5-6,15H2,1-4H3,(H,22,24)/t17-/m1/s1. The molecule has 6 nitrogen and oxygen atoms in total. The summed E-state index contributed by atoms with van der Waals surface area (Å²) >= 11 is 0. The van der Waals surface area contributed by atoms with Gasteiger partial charge in [0.25, 0.3) is 10.0 Å². The molecule has 0 aliphatic carbocycles. The number of carbonyl (C=O) groups excluding carboxylic acids is 1. The number of benzene rings is 2. The molecule has 0 saturated heterocycles. The van der Waals surface area contributed by atoms with Gasteiger partial charge in [-0.25, -0.2) is 8.42 Å². The summed E-state index contributed by atoms with van der Waals surface area (Å²) in [7, 11) is -2.40. The number of amides is 1. The number of hydrogen-bond acceptors (Lipinski definition) is 4. The van der Waals surface area contributed by atoms with Crippen molar-refractivity contribution in [2.45, 2.75) is 44.6 Å². The van der Waals surface area contributed by atoms with Crippen molar-refractivity contribution in [3.63, 3.8) is 0 Å². The summed E-state index contributed by atoms with van der Waals surface area (Å²) in [5, 5.41) is 2.87. The molecule has 0 unspecified atom stereocenters. The van der Waals surface area contributed by atoms with E-state index in [1.807, 2.05) is 32.9 Å². The monoisotopic (exact) mass is 404 g/mol. The number of sulfonamides is 1. The number of anilines is 1. The third-order valence-corrected chi connectivity index (χ3v) is 6.17. The van der Waals surface area contributed by atoms with Crippen LogP contribution in [0.5, 0.6) is 5.75 Å². The number of carbonyl (C=O) groups is 1. The Labute approximate surface area is 167 Å². The Bertz CT molecular complexity index is 878. The van der Waals surface area contributed by atoms with Crippen LogP contribution in [0, 0.1) is 6.92 Å². The number of nitrogens with zero attached hydrogens (tertiary/aromatic N) is 1. The summed E-state index contributed by atoms with van der Waals surface area (Å²) in [5.41, 5.74) is 1.45. The number of aryl methyl sites for hydroxylation is 1. The molecule has 2 rings (SSSR count). The number of ether oxygens (including phenoxy) is 1. The van der Waals surface area contributed by atoms with Gasteiger partial charge in [0.2, 0.25) is 5.91 Å². The van der Waals surface area contributed by atoms with Gasteiger partial charge in [0.1, 0.15) is 12.3 Å². The van der Waals surface area contributed by atoms with Crippen LogP contribution in [0.3, 0.4) is 0 Å². The molecule has 0 heterocycles. The van der Waals surface area contributed by atoms with E-state index in [2.05, 4.69) is 5.32 Å². The number of nitrogens with one attached hydrogen (secondary N) is 1. The minimum absolute atomic E-state index is 0.0129. The molecule has 0 aromatic heterocycles. The lowest BCUT2D eigenvalue weighted by Gasteiger charge is -2.25. The predicted molar refractivity (Wildman–Crippen MR) is 111 cm³/mol. The molecule has 0 spiro atoms. The van der Waals surface area contributed by atoms with Gasteiger partial charge in [-0.15, -0.1) is 0 Å². The summed E-state index contributed by atoms with van der Waals surface area (Å²) in [4.78, 5) is 12.6. The first kappa shape index (κ1) is 21.8. The lowest BCUT2D eigenvalue weighted by atomic mass is 10.2. The Morgan fingerprint density at radius 3 is 2.25 bits per heavy atom. The van der Waals surface area contributed by atoms with Gasteiger partial charge in [-0.1, -0.05) is 31.0 Å². The van der Waals surface area contributed by atoms with Crippen molar-refractivity contribution in [3.8, 4) is 5.75 Å². The van der Waals surface area contributed by atoms with E-state index in [4.69, 9.17) is 4.74 Å². The highest BCUT2D eigenvalue weighted by Crippen LogP contribution is 2.25. The quantitative estimate of drug-likeness (QED) is 0.694. The van der Waals surface area contributed by atoms with Gasteiger partial charge in [0.05, 0.1) is 17.7 Å². The van der Waals surface area contributed by atoms with Crippen molar-refractivity contribution >= 4 is 21.6 Å². The van der Waals surface area contributed by atoms with Crippen molar-refractivity contribution in [1.29, 1.82) is 0 Å². The highest BCUT2D eigenvalue weighted by atomic mass is 32.2. The molecule has 0 radical (unpaired) electrons. The van der Waals surface area contributed by atoms with E-state index in [0.29, 0.717) is 11.4 Å². The maximum atomic E-state index is 13.3. The summed E-state index contributed by atoms with van der Waals surface area (Å²) in [5.74, 6) is 0.227. The van der Waals surface area contributed by atoms with E-state index >= 15 is 0 Å². The number of hydrogen-bond donors (Lipinski definition) is 1. The van der Waals surface area contributed by atoms with Crippen LogP contribution in [0.25, 0.3) is 0 Å². The fourth-order valence-electron chi connectivity index (χ4n) is 2.86. The van der Waals surface area contributed by atoms with Gasteiger partial charge in [0, 0.05) is 6.04 Å². The van der Waals surface area contributed by atoms with Gasteiger partial charge in [0.15, 0.2) is 0 Å². The Kier molecular flexibility index (Phi) is 7.45. The zero-order valence-electron chi connectivity index (χ0n) is 16.8. The first-order valence-corrected chi connectivity index (χ1v) is 10.7. The van der Waals surface area contributed by atoms with Crippen LogP contribution >= 0.6 is 0 Å². The number of rotatable bonds is 9. The molecule has 0 fully saturated rings. The van der Waals surface area contributed by atoms with Gasteiger partial charge in [-0.05, 0) is 56.7 Å². The van der Waals surface area contributed by atoms with E-state index in [-0.39, 0.29) is 23.4 Å². The average Bonchev–Trinajstić information content (AvgIpc) is 2.67. The molecular formula is C21H28N2O4S. The second kappa shape index (κ2) is 9.59. The van der Waals surface area contributed by atoms with Crippen molar-refractivity contribution in [3.05, 3.63) is 54.1 Å². The van der Waals surface area contributed by atoms with E-state index in [0.717, 1.165) is 22.7 Å². The van der Waals surface area contributed by atoms with Crippen LogP contribution in [0.1, 0.15) is 32.3 Å². The second-order valence-corrected chi connectivity index (χ2v) is 8.64. The lowest BCUT2D eigenvalue weighted by molar-refractivity contribution is -0.120. The summed E-state index contributed by atoms with van der Waals surface area (Å²) in [6.45, 7) is 5.59. The van der Waals surface area contributed by atoms with E-state index in [9.17, 15) is 13.2 Å². The van der Waals surface area contributed by atoms with Gasteiger partial charge in [-0.3, -0.25) is 9.10 Å². The van der Waals surface area contributed by atoms with Crippen LogP contribution in [0.4, 0.5) is 5.69 Å². The maximum Gasteiger partial charge on any atom is 0.264 e. The predicted octanol–water partition coefficient (Wildman–Crippen LogP) is 3.50. The second-order valence-electron chi connectivity index (χ2n) is 6.78. The largest absolute Gasteiger partial charge is 0.497 e. The van der Waals surface area contributed by atoms with E-state index < -0.39 is 10.0 Å². The Hall–Kier alpha value is -2.54. The molecule has 2 aromatic carbocycles. The van der Waals surface area contributed by atoms with Crippen LogP contribution in [-0.4, -0.2) is 34.0 Å². The first-order chi connectivity index (χ1) is 13.3. The highest BCUT2D eigenvalue weighted by Gasteiger charge is 2.27. The third kappa shape index (κ3) is 5.48. The maximum absolute atomic E-state index is 13.3. The van der Waals surface area contributed by atoms with Gasteiger partial charge < -0.3 is 10.1 Å². The van der Waals surface area contributed by atoms with Crippen LogP contribution in [0.2, 0.25) is 0 Å². The van der Waals surface area contributed by atoms with Crippen molar-refractivity contribution in [2.24, 2.45) is 0 Å². The Morgan fingerprint density at radius 2 is 1.71 bits per heavy atom.